The third-order valence-corrected chi connectivity index (χ3v) is 4.83. The highest BCUT2D eigenvalue weighted by Crippen LogP contribution is 2.24. The largest absolute Gasteiger partial charge is 0.513 e. The van der Waals surface area contributed by atoms with Crippen LogP contribution in [0.3, 0.4) is 0 Å². The van der Waals surface area contributed by atoms with Crippen molar-refractivity contribution in [3.63, 3.8) is 0 Å². The van der Waals surface area contributed by atoms with Gasteiger partial charge < -0.3 is 9.47 Å². The van der Waals surface area contributed by atoms with Gasteiger partial charge in [0.2, 0.25) is 0 Å². The summed E-state index contributed by atoms with van der Waals surface area (Å²) in [6, 6.07) is 16.4. The van der Waals surface area contributed by atoms with E-state index in [1.165, 1.54) is 30.4 Å². The van der Waals surface area contributed by atoms with Crippen LogP contribution >= 0.6 is 0 Å². The van der Waals surface area contributed by atoms with E-state index in [1.807, 2.05) is 12.1 Å². The SMILES string of the molecule is CCc1cccc(OC(=O)OCCCCCCCc2ccccc2)c1CC. The zero-order valence-electron chi connectivity index (χ0n) is 16.7. The maximum absolute atomic E-state index is 11.9. The first-order valence-electron chi connectivity index (χ1n) is 10.2. The summed E-state index contributed by atoms with van der Waals surface area (Å²) in [7, 11) is 0. The Balaban J connectivity index is 1.57. The van der Waals surface area contributed by atoms with Gasteiger partial charge in [-0.2, -0.15) is 0 Å². The lowest BCUT2D eigenvalue weighted by atomic mass is 10.0. The first-order valence-corrected chi connectivity index (χ1v) is 10.2. The Morgan fingerprint density at radius 3 is 2.30 bits per heavy atom. The van der Waals surface area contributed by atoms with Crippen molar-refractivity contribution in [3.8, 4) is 5.75 Å². The molecule has 0 amide bonds. The van der Waals surface area contributed by atoms with Crippen LogP contribution in [0.2, 0.25) is 0 Å². The van der Waals surface area contributed by atoms with Crippen LogP contribution in [0, 0.1) is 0 Å². The van der Waals surface area contributed by atoms with Gasteiger partial charge in [0.15, 0.2) is 0 Å². The number of rotatable bonds is 11. The summed E-state index contributed by atoms with van der Waals surface area (Å²) in [5.41, 5.74) is 3.72. The molecule has 0 spiro atoms. The summed E-state index contributed by atoms with van der Waals surface area (Å²) in [6.45, 7) is 4.60. The van der Waals surface area contributed by atoms with Gasteiger partial charge in [-0.15, -0.1) is 0 Å². The first kappa shape index (κ1) is 21.0. The van der Waals surface area contributed by atoms with E-state index in [9.17, 15) is 4.79 Å². The molecule has 0 bridgehead atoms. The summed E-state index contributed by atoms with van der Waals surface area (Å²) in [5.74, 6) is 0.628. The molecule has 0 heterocycles. The van der Waals surface area contributed by atoms with Gasteiger partial charge in [0.1, 0.15) is 5.75 Å². The van der Waals surface area contributed by atoms with Gasteiger partial charge in [-0.25, -0.2) is 4.79 Å². The molecule has 3 heteroatoms. The molecule has 0 saturated carbocycles. The average molecular weight is 369 g/mol. The van der Waals surface area contributed by atoms with Crippen LogP contribution in [0.25, 0.3) is 0 Å². The fourth-order valence-electron chi connectivity index (χ4n) is 3.32. The van der Waals surface area contributed by atoms with Gasteiger partial charge in [0.05, 0.1) is 6.61 Å². The Labute approximate surface area is 163 Å². The predicted octanol–water partition coefficient (Wildman–Crippen LogP) is 6.52. The number of benzene rings is 2. The number of aryl methyl sites for hydroxylation is 2. The highest BCUT2D eigenvalue weighted by Gasteiger charge is 2.11. The second-order valence-corrected chi connectivity index (χ2v) is 6.80. The van der Waals surface area contributed by atoms with Gasteiger partial charge in [0, 0.05) is 0 Å². The average Bonchev–Trinajstić information content (AvgIpc) is 2.70. The van der Waals surface area contributed by atoms with Crippen molar-refractivity contribution < 1.29 is 14.3 Å². The van der Waals surface area contributed by atoms with Crippen LogP contribution < -0.4 is 4.74 Å². The van der Waals surface area contributed by atoms with Gasteiger partial charge >= 0.3 is 6.16 Å². The van der Waals surface area contributed by atoms with Crippen LogP contribution in [0.15, 0.2) is 48.5 Å². The topological polar surface area (TPSA) is 35.5 Å². The fourth-order valence-corrected chi connectivity index (χ4v) is 3.32. The fraction of sp³-hybridized carbons (Fsp3) is 0.458. The van der Waals surface area contributed by atoms with Crippen LogP contribution in [0.4, 0.5) is 4.79 Å². The molecular formula is C24H32O3. The molecule has 27 heavy (non-hydrogen) atoms. The van der Waals surface area contributed by atoms with Crippen molar-refractivity contribution in [3.05, 3.63) is 65.2 Å². The van der Waals surface area contributed by atoms with Crippen molar-refractivity contribution in [2.75, 3.05) is 6.61 Å². The lowest BCUT2D eigenvalue weighted by Crippen LogP contribution is -2.13. The minimum atomic E-state index is -0.595. The van der Waals surface area contributed by atoms with E-state index in [0.29, 0.717) is 12.4 Å². The lowest BCUT2D eigenvalue weighted by Gasteiger charge is -2.12. The Kier molecular flexibility index (Phi) is 9.47. The van der Waals surface area contributed by atoms with E-state index in [1.54, 1.807) is 0 Å². The van der Waals surface area contributed by atoms with Crippen molar-refractivity contribution >= 4 is 6.16 Å². The smallest absolute Gasteiger partial charge is 0.434 e. The maximum Gasteiger partial charge on any atom is 0.513 e. The number of hydrogen-bond acceptors (Lipinski definition) is 3. The molecule has 2 aromatic carbocycles. The normalized spacial score (nSPS) is 10.6. The standard InChI is InChI=1S/C24H32O3/c1-3-21-17-13-18-23(22(21)4-2)27-24(25)26-19-12-7-5-6-9-14-20-15-10-8-11-16-20/h8,10-11,13,15-18H,3-7,9,12,14,19H2,1-2H3. The summed E-state index contributed by atoms with van der Waals surface area (Å²) in [4.78, 5) is 11.9. The minimum absolute atomic E-state index is 0.423. The predicted molar refractivity (Wildman–Crippen MR) is 110 cm³/mol. The Hall–Kier alpha value is -2.29. The molecule has 0 aliphatic rings. The maximum atomic E-state index is 11.9. The van der Waals surface area contributed by atoms with E-state index in [-0.39, 0.29) is 0 Å². The van der Waals surface area contributed by atoms with Crippen LogP contribution in [-0.2, 0) is 24.0 Å². The summed E-state index contributed by atoms with van der Waals surface area (Å²) in [5, 5.41) is 0. The molecule has 0 saturated heterocycles. The van der Waals surface area contributed by atoms with Gasteiger partial charge in [-0.1, -0.05) is 75.6 Å². The Bertz CT molecular complexity index is 679. The van der Waals surface area contributed by atoms with Crippen molar-refractivity contribution in [1.82, 2.24) is 0 Å². The first-order chi connectivity index (χ1) is 13.2. The second-order valence-electron chi connectivity index (χ2n) is 6.80. The zero-order valence-corrected chi connectivity index (χ0v) is 16.7. The van der Waals surface area contributed by atoms with Crippen LogP contribution in [-0.4, -0.2) is 12.8 Å². The third-order valence-electron chi connectivity index (χ3n) is 4.83. The number of ether oxygens (including phenoxy) is 2. The molecule has 0 fully saturated rings. The quantitative estimate of drug-likeness (QED) is 0.257. The number of hydrogen-bond donors (Lipinski definition) is 0. The zero-order chi connectivity index (χ0) is 19.3. The van der Waals surface area contributed by atoms with Crippen molar-refractivity contribution in [2.45, 2.75) is 65.2 Å². The highest BCUT2D eigenvalue weighted by molar-refractivity contribution is 5.64. The molecule has 146 valence electrons. The van der Waals surface area contributed by atoms with Gasteiger partial charge in [-0.05, 0) is 54.9 Å². The molecule has 2 aromatic rings. The van der Waals surface area contributed by atoms with Gasteiger partial charge in [0.25, 0.3) is 0 Å². The van der Waals surface area contributed by atoms with Crippen molar-refractivity contribution in [2.24, 2.45) is 0 Å². The van der Waals surface area contributed by atoms with E-state index in [0.717, 1.165) is 37.7 Å². The molecule has 0 radical (unpaired) electrons. The second kappa shape index (κ2) is 12.2. The Morgan fingerprint density at radius 1 is 0.815 bits per heavy atom. The summed E-state index contributed by atoms with van der Waals surface area (Å²) >= 11 is 0. The van der Waals surface area contributed by atoms with E-state index in [4.69, 9.17) is 9.47 Å². The number of carbonyl (C=O) groups excluding carboxylic acids is 1. The molecule has 3 nitrogen and oxygen atoms in total. The van der Waals surface area contributed by atoms with Gasteiger partial charge in [-0.3, -0.25) is 0 Å². The summed E-state index contributed by atoms with van der Waals surface area (Å²) < 4.78 is 10.6. The third kappa shape index (κ3) is 7.46. The molecule has 0 aliphatic carbocycles. The molecule has 0 aromatic heterocycles. The molecular weight excluding hydrogens is 336 g/mol. The minimum Gasteiger partial charge on any atom is -0.434 e. The monoisotopic (exact) mass is 368 g/mol. The number of carbonyl (C=O) groups is 1. The molecule has 2 rings (SSSR count). The Morgan fingerprint density at radius 2 is 1.56 bits per heavy atom. The van der Waals surface area contributed by atoms with E-state index >= 15 is 0 Å². The highest BCUT2D eigenvalue weighted by atomic mass is 16.7. The number of unbranched alkanes of at least 4 members (excludes halogenated alkanes) is 4. The van der Waals surface area contributed by atoms with Crippen molar-refractivity contribution in [1.29, 1.82) is 0 Å². The van der Waals surface area contributed by atoms with E-state index in [2.05, 4.69) is 50.2 Å². The summed E-state index contributed by atoms with van der Waals surface area (Å²) in [6.07, 6.45) is 7.87. The lowest BCUT2D eigenvalue weighted by molar-refractivity contribution is 0.0969. The van der Waals surface area contributed by atoms with Crippen LogP contribution in [0.5, 0.6) is 5.75 Å². The molecule has 0 aliphatic heterocycles. The molecule has 0 atom stereocenters. The van der Waals surface area contributed by atoms with Crippen LogP contribution in [0.1, 0.15) is 62.6 Å². The molecule has 0 N–H and O–H groups in total. The van der Waals surface area contributed by atoms with E-state index < -0.39 is 6.16 Å². The molecule has 0 unspecified atom stereocenters.